The normalized spacial score (nSPS) is 11.7. The minimum Gasteiger partial charge on any atom is -0.492 e. The summed E-state index contributed by atoms with van der Waals surface area (Å²) in [4.78, 5) is 0. The first-order chi connectivity index (χ1) is 11.2. The van der Waals surface area contributed by atoms with E-state index in [9.17, 15) is 15.3 Å². The molecule has 0 fully saturated rings. The van der Waals surface area contributed by atoms with Crippen LogP contribution in [0.4, 0.5) is 0 Å². The summed E-state index contributed by atoms with van der Waals surface area (Å²) in [5.41, 5.74) is 1.34. The van der Waals surface area contributed by atoms with Crippen LogP contribution in [0.15, 0.2) is 18.2 Å². The maximum absolute atomic E-state index is 9.48. The first kappa shape index (κ1) is 19.9. The van der Waals surface area contributed by atoms with Crippen molar-refractivity contribution < 1.29 is 20.1 Å². The van der Waals surface area contributed by atoms with E-state index in [1.54, 1.807) is 0 Å². The number of rotatable bonds is 12. The van der Waals surface area contributed by atoms with E-state index in [0.29, 0.717) is 0 Å². The highest BCUT2D eigenvalue weighted by atomic mass is 16.5. The summed E-state index contributed by atoms with van der Waals surface area (Å²) >= 11 is 0. The monoisotopic (exact) mass is 324 g/mol. The van der Waals surface area contributed by atoms with Crippen molar-refractivity contribution in [1.29, 1.82) is 0 Å². The van der Waals surface area contributed by atoms with E-state index in [0.717, 1.165) is 44.3 Å². The highest BCUT2D eigenvalue weighted by Crippen LogP contribution is 2.29. The smallest absolute Gasteiger partial charge is 0.125 e. The highest BCUT2D eigenvalue weighted by molar-refractivity contribution is 5.42. The number of aliphatic hydroxyl groups excluding tert-OH is 3. The molecule has 0 aromatic heterocycles. The van der Waals surface area contributed by atoms with Gasteiger partial charge in [0.2, 0.25) is 0 Å². The molecule has 0 atom stereocenters. The summed E-state index contributed by atoms with van der Waals surface area (Å²) < 4.78 is 6.02. The van der Waals surface area contributed by atoms with Crippen molar-refractivity contribution in [1.82, 2.24) is 0 Å². The largest absolute Gasteiger partial charge is 0.492 e. The Morgan fingerprint density at radius 3 is 1.74 bits per heavy atom. The zero-order valence-corrected chi connectivity index (χ0v) is 14.6. The molecular weight excluding hydrogens is 292 g/mol. The molecule has 1 aromatic rings. The van der Waals surface area contributed by atoms with Crippen molar-refractivity contribution in [2.45, 2.75) is 52.4 Å². The fourth-order valence-electron chi connectivity index (χ4n) is 2.46. The minimum atomic E-state index is -1.00. The standard InChI is InChI=1S/C19H32O4/c1-3-5-8-16-10-7-11-17(9-6-4-2)18(16)23-15-19(12-20,13-21)14-22/h7,10-11,20-22H,3-6,8-9,12-15H2,1-2H3. The molecule has 0 saturated heterocycles. The molecule has 0 heterocycles. The van der Waals surface area contributed by atoms with Crippen LogP contribution in [0.25, 0.3) is 0 Å². The Hall–Kier alpha value is -1.10. The molecule has 3 N–H and O–H groups in total. The van der Waals surface area contributed by atoms with E-state index in [-0.39, 0.29) is 26.4 Å². The highest BCUT2D eigenvalue weighted by Gasteiger charge is 2.30. The number of unbranched alkanes of at least 4 members (excludes halogenated alkanes) is 2. The van der Waals surface area contributed by atoms with Gasteiger partial charge in [0.05, 0.1) is 25.2 Å². The van der Waals surface area contributed by atoms with Crippen molar-refractivity contribution in [2.24, 2.45) is 5.41 Å². The number of hydrogen-bond acceptors (Lipinski definition) is 4. The van der Waals surface area contributed by atoms with Gasteiger partial charge < -0.3 is 20.1 Å². The maximum Gasteiger partial charge on any atom is 0.125 e. The summed E-state index contributed by atoms with van der Waals surface area (Å²) in [7, 11) is 0. The first-order valence-corrected chi connectivity index (χ1v) is 8.72. The van der Waals surface area contributed by atoms with Crippen LogP contribution in [-0.2, 0) is 12.8 Å². The second-order valence-electron chi connectivity index (χ2n) is 6.38. The number of hydrogen-bond donors (Lipinski definition) is 3. The summed E-state index contributed by atoms with van der Waals surface area (Å²) in [6.45, 7) is 3.52. The van der Waals surface area contributed by atoms with Gasteiger partial charge in [-0.3, -0.25) is 0 Å². The zero-order chi connectivity index (χ0) is 17.1. The molecule has 23 heavy (non-hydrogen) atoms. The van der Waals surface area contributed by atoms with Crippen LogP contribution in [0, 0.1) is 5.41 Å². The van der Waals surface area contributed by atoms with Crippen LogP contribution in [0.5, 0.6) is 5.75 Å². The van der Waals surface area contributed by atoms with E-state index >= 15 is 0 Å². The summed E-state index contributed by atoms with van der Waals surface area (Å²) in [5.74, 6) is 0.870. The van der Waals surface area contributed by atoms with Gasteiger partial charge in [-0.2, -0.15) is 0 Å². The molecule has 0 saturated carbocycles. The Bertz CT molecular complexity index is 406. The van der Waals surface area contributed by atoms with Crippen LogP contribution >= 0.6 is 0 Å². The van der Waals surface area contributed by atoms with Gasteiger partial charge in [-0.1, -0.05) is 44.9 Å². The molecular formula is C19H32O4. The molecule has 0 spiro atoms. The van der Waals surface area contributed by atoms with Crippen molar-refractivity contribution in [3.63, 3.8) is 0 Å². The van der Waals surface area contributed by atoms with Gasteiger partial charge in [0.1, 0.15) is 12.4 Å². The number of para-hydroxylation sites is 1. The summed E-state index contributed by atoms with van der Waals surface area (Å²) in [6.07, 6.45) is 6.34. The Morgan fingerprint density at radius 2 is 1.35 bits per heavy atom. The third-order valence-electron chi connectivity index (χ3n) is 4.31. The maximum atomic E-state index is 9.48. The summed E-state index contributed by atoms with van der Waals surface area (Å²) in [5, 5.41) is 28.4. The Morgan fingerprint density at radius 1 is 0.870 bits per heavy atom. The van der Waals surface area contributed by atoms with E-state index in [4.69, 9.17) is 4.74 Å². The molecule has 0 bridgehead atoms. The fraction of sp³-hybridized carbons (Fsp3) is 0.684. The average molecular weight is 324 g/mol. The van der Waals surface area contributed by atoms with Gasteiger partial charge in [0.25, 0.3) is 0 Å². The minimum absolute atomic E-state index is 0.110. The second-order valence-corrected chi connectivity index (χ2v) is 6.38. The lowest BCUT2D eigenvalue weighted by molar-refractivity contribution is -0.0262. The Labute approximate surface area is 140 Å². The topological polar surface area (TPSA) is 69.9 Å². The van der Waals surface area contributed by atoms with Gasteiger partial charge in [0, 0.05) is 0 Å². The third-order valence-corrected chi connectivity index (χ3v) is 4.31. The van der Waals surface area contributed by atoms with Gasteiger partial charge in [-0.25, -0.2) is 0 Å². The van der Waals surface area contributed by atoms with Crippen LogP contribution in [0.2, 0.25) is 0 Å². The Kier molecular flexibility index (Phi) is 9.22. The second kappa shape index (κ2) is 10.6. The average Bonchev–Trinajstić information content (AvgIpc) is 2.60. The molecule has 1 rings (SSSR count). The van der Waals surface area contributed by atoms with Crippen LogP contribution in [0.1, 0.15) is 50.7 Å². The molecule has 0 radical (unpaired) electrons. The lowest BCUT2D eigenvalue weighted by Crippen LogP contribution is -2.40. The SMILES string of the molecule is CCCCc1cccc(CCCC)c1OCC(CO)(CO)CO. The molecule has 0 amide bonds. The van der Waals surface area contributed by atoms with Crippen molar-refractivity contribution >= 4 is 0 Å². The number of ether oxygens (including phenoxy) is 1. The third kappa shape index (κ3) is 5.79. The van der Waals surface area contributed by atoms with E-state index in [2.05, 4.69) is 32.0 Å². The van der Waals surface area contributed by atoms with Crippen molar-refractivity contribution in [3.05, 3.63) is 29.3 Å². The van der Waals surface area contributed by atoms with Crippen LogP contribution in [0.3, 0.4) is 0 Å². The van der Waals surface area contributed by atoms with Crippen LogP contribution < -0.4 is 4.74 Å². The fourth-order valence-corrected chi connectivity index (χ4v) is 2.46. The molecule has 1 aromatic carbocycles. The van der Waals surface area contributed by atoms with Gasteiger partial charge in [0.15, 0.2) is 0 Å². The van der Waals surface area contributed by atoms with E-state index < -0.39 is 5.41 Å². The number of benzene rings is 1. The molecule has 4 heteroatoms. The summed E-state index contributed by atoms with van der Waals surface area (Å²) in [6, 6.07) is 6.23. The van der Waals surface area contributed by atoms with Crippen molar-refractivity contribution in [2.75, 3.05) is 26.4 Å². The van der Waals surface area contributed by atoms with Gasteiger partial charge in [-0.15, -0.1) is 0 Å². The molecule has 0 aliphatic rings. The van der Waals surface area contributed by atoms with E-state index in [1.165, 1.54) is 11.1 Å². The molecule has 132 valence electrons. The lowest BCUT2D eigenvalue weighted by Gasteiger charge is -2.28. The quantitative estimate of drug-likeness (QED) is 0.553. The predicted octanol–water partition coefficient (Wildman–Crippen LogP) is 2.71. The van der Waals surface area contributed by atoms with Gasteiger partial charge >= 0.3 is 0 Å². The Balaban J connectivity index is 2.98. The van der Waals surface area contributed by atoms with E-state index in [1.807, 2.05) is 0 Å². The number of aryl methyl sites for hydroxylation is 2. The van der Waals surface area contributed by atoms with Gasteiger partial charge in [-0.05, 0) is 36.8 Å². The lowest BCUT2D eigenvalue weighted by atomic mass is 9.92. The molecule has 0 aliphatic carbocycles. The van der Waals surface area contributed by atoms with Crippen molar-refractivity contribution in [3.8, 4) is 5.75 Å². The van der Waals surface area contributed by atoms with Crippen LogP contribution in [-0.4, -0.2) is 41.7 Å². The number of aliphatic hydroxyl groups is 3. The zero-order valence-electron chi connectivity index (χ0n) is 14.6. The predicted molar refractivity (Wildman–Crippen MR) is 92.9 cm³/mol. The molecule has 0 aliphatic heterocycles. The molecule has 4 nitrogen and oxygen atoms in total. The first-order valence-electron chi connectivity index (χ1n) is 8.72. The molecule has 0 unspecified atom stereocenters.